The molecule has 3 heteroatoms. The molecule has 3 nitrogen and oxygen atoms in total. The maximum absolute atomic E-state index is 5.03. The van der Waals surface area contributed by atoms with Crippen LogP contribution in [-0.4, -0.2) is 30.6 Å². The molecule has 1 aliphatic rings. The van der Waals surface area contributed by atoms with Crippen molar-refractivity contribution in [3.8, 4) is 0 Å². The van der Waals surface area contributed by atoms with Gasteiger partial charge in [-0.2, -0.15) is 0 Å². The van der Waals surface area contributed by atoms with E-state index in [0.717, 1.165) is 19.1 Å². The molecule has 2 heterocycles. The quantitative estimate of drug-likeness (QED) is 0.748. The second kappa shape index (κ2) is 6.06. The van der Waals surface area contributed by atoms with E-state index in [9.17, 15) is 0 Å². The molecule has 90 valence electrons. The molecular weight excluding hydrogens is 200 g/mol. The van der Waals surface area contributed by atoms with Crippen LogP contribution in [0.25, 0.3) is 0 Å². The first kappa shape index (κ1) is 11.7. The van der Waals surface area contributed by atoms with E-state index in [1.807, 2.05) is 6.07 Å². The average Bonchev–Trinajstić information content (AvgIpc) is 2.95. The van der Waals surface area contributed by atoms with E-state index in [4.69, 9.17) is 4.42 Å². The van der Waals surface area contributed by atoms with Crippen molar-refractivity contribution < 1.29 is 4.42 Å². The Bertz CT molecular complexity index is 284. The minimum absolute atomic E-state index is 0.829. The van der Waals surface area contributed by atoms with Crippen molar-refractivity contribution in [2.24, 2.45) is 0 Å². The van der Waals surface area contributed by atoms with Crippen LogP contribution in [0, 0.1) is 0 Å². The van der Waals surface area contributed by atoms with Gasteiger partial charge in [-0.15, -0.1) is 0 Å². The normalized spacial score (nSPS) is 21.7. The molecule has 1 aromatic rings. The summed E-state index contributed by atoms with van der Waals surface area (Å²) in [6.45, 7) is 6.74. The number of likely N-dealkylation sites (tertiary alicyclic amines) is 1. The van der Waals surface area contributed by atoms with Gasteiger partial charge in [0.15, 0.2) is 0 Å². The summed E-state index contributed by atoms with van der Waals surface area (Å²) in [6, 6.07) is 2.84. The van der Waals surface area contributed by atoms with Gasteiger partial charge in [0, 0.05) is 31.2 Å². The summed E-state index contributed by atoms with van der Waals surface area (Å²) in [5, 5.41) is 3.46. The van der Waals surface area contributed by atoms with Crippen molar-refractivity contribution in [1.82, 2.24) is 10.2 Å². The molecule has 0 aliphatic carbocycles. The van der Waals surface area contributed by atoms with E-state index in [1.54, 1.807) is 12.5 Å². The van der Waals surface area contributed by atoms with Crippen LogP contribution in [0.2, 0.25) is 0 Å². The fraction of sp³-hybridized carbons (Fsp3) is 0.692. The summed E-state index contributed by atoms with van der Waals surface area (Å²) in [7, 11) is 0. The molecule has 1 aromatic heterocycles. The minimum atomic E-state index is 0.829. The van der Waals surface area contributed by atoms with E-state index in [0.29, 0.717) is 0 Å². The van der Waals surface area contributed by atoms with Crippen LogP contribution in [0.5, 0.6) is 0 Å². The predicted octanol–water partition coefficient (Wildman–Crippen LogP) is 2.24. The topological polar surface area (TPSA) is 28.4 Å². The van der Waals surface area contributed by atoms with Gasteiger partial charge in [-0.1, -0.05) is 6.92 Å². The number of nitrogens with zero attached hydrogens (tertiary/aromatic N) is 1. The van der Waals surface area contributed by atoms with E-state index in [1.165, 1.54) is 37.9 Å². The molecule has 1 N–H and O–H groups in total. The minimum Gasteiger partial charge on any atom is -0.472 e. The van der Waals surface area contributed by atoms with E-state index in [-0.39, 0.29) is 0 Å². The Labute approximate surface area is 97.8 Å². The highest BCUT2D eigenvalue weighted by atomic mass is 16.3. The number of nitrogens with one attached hydrogen (secondary N) is 1. The molecule has 1 saturated heterocycles. The van der Waals surface area contributed by atoms with Gasteiger partial charge in [-0.25, -0.2) is 0 Å². The van der Waals surface area contributed by atoms with Crippen LogP contribution in [0.1, 0.15) is 31.7 Å². The monoisotopic (exact) mass is 222 g/mol. The maximum Gasteiger partial charge on any atom is 0.0947 e. The number of hydrogen-bond acceptors (Lipinski definition) is 3. The van der Waals surface area contributed by atoms with Crippen molar-refractivity contribution in [3.05, 3.63) is 24.2 Å². The van der Waals surface area contributed by atoms with Gasteiger partial charge in [0.25, 0.3) is 0 Å². The molecule has 0 bridgehead atoms. The van der Waals surface area contributed by atoms with Crippen LogP contribution < -0.4 is 5.32 Å². The molecule has 0 saturated carbocycles. The molecule has 0 aromatic carbocycles. The lowest BCUT2D eigenvalue weighted by molar-refractivity contribution is 0.248. The first-order valence-corrected chi connectivity index (χ1v) is 6.36. The summed E-state index contributed by atoms with van der Waals surface area (Å²) < 4.78 is 5.03. The molecule has 1 unspecified atom stereocenters. The van der Waals surface area contributed by atoms with Crippen molar-refractivity contribution in [2.75, 3.05) is 19.6 Å². The molecule has 1 atom stereocenters. The third-order valence-electron chi connectivity index (χ3n) is 3.46. The fourth-order valence-electron chi connectivity index (χ4n) is 2.50. The van der Waals surface area contributed by atoms with E-state index >= 15 is 0 Å². The summed E-state index contributed by atoms with van der Waals surface area (Å²) in [5.74, 6) is 0. The second-order valence-electron chi connectivity index (χ2n) is 4.55. The smallest absolute Gasteiger partial charge is 0.0947 e. The summed E-state index contributed by atoms with van der Waals surface area (Å²) in [6.07, 6.45) is 7.59. The Morgan fingerprint density at radius 2 is 2.50 bits per heavy atom. The molecule has 0 amide bonds. The molecule has 2 rings (SSSR count). The van der Waals surface area contributed by atoms with E-state index < -0.39 is 0 Å². The van der Waals surface area contributed by atoms with Gasteiger partial charge >= 0.3 is 0 Å². The van der Waals surface area contributed by atoms with Crippen LogP contribution >= 0.6 is 0 Å². The van der Waals surface area contributed by atoms with Gasteiger partial charge < -0.3 is 9.73 Å². The lowest BCUT2D eigenvalue weighted by Gasteiger charge is -2.23. The zero-order valence-electron chi connectivity index (χ0n) is 10.1. The van der Waals surface area contributed by atoms with Gasteiger partial charge in [0.2, 0.25) is 0 Å². The Balaban J connectivity index is 1.61. The summed E-state index contributed by atoms with van der Waals surface area (Å²) in [4.78, 5) is 2.61. The second-order valence-corrected chi connectivity index (χ2v) is 4.55. The van der Waals surface area contributed by atoms with Crippen molar-refractivity contribution >= 4 is 0 Å². The molecule has 1 aliphatic heterocycles. The summed E-state index contributed by atoms with van der Waals surface area (Å²) >= 11 is 0. The third-order valence-corrected chi connectivity index (χ3v) is 3.46. The van der Waals surface area contributed by atoms with E-state index in [2.05, 4.69) is 17.1 Å². The first-order valence-electron chi connectivity index (χ1n) is 6.36. The lowest BCUT2D eigenvalue weighted by Crippen LogP contribution is -2.35. The molecule has 16 heavy (non-hydrogen) atoms. The Morgan fingerprint density at radius 3 is 3.25 bits per heavy atom. The van der Waals surface area contributed by atoms with Gasteiger partial charge in [-0.05, 0) is 31.9 Å². The van der Waals surface area contributed by atoms with Crippen molar-refractivity contribution in [1.29, 1.82) is 0 Å². The Kier molecular flexibility index (Phi) is 4.43. The molecule has 1 fully saturated rings. The van der Waals surface area contributed by atoms with Gasteiger partial charge in [-0.3, -0.25) is 4.90 Å². The van der Waals surface area contributed by atoms with Crippen molar-refractivity contribution in [2.45, 2.75) is 38.8 Å². The fourth-order valence-corrected chi connectivity index (χ4v) is 2.50. The molecule has 0 radical (unpaired) electrons. The highest BCUT2D eigenvalue weighted by molar-refractivity contribution is 5.04. The zero-order valence-corrected chi connectivity index (χ0v) is 10.1. The standard InChI is InChI=1S/C13H22N2O/c1-2-13-4-3-7-15(13)8-6-14-10-12-5-9-16-11-12/h5,9,11,13-14H,2-4,6-8,10H2,1H3. The van der Waals surface area contributed by atoms with Crippen LogP contribution in [0.15, 0.2) is 23.0 Å². The lowest BCUT2D eigenvalue weighted by atomic mass is 10.2. The zero-order chi connectivity index (χ0) is 11.2. The predicted molar refractivity (Wildman–Crippen MR) is 65.3 cm³/mol. The molecular formula is C13H22N2O. The Morgan fingerprint density at radius 1 is 1.56 bits per heavy atom. The van der Waals surface area contributed by atoms with Gasteiger partial charge in [0.1, 0.15) is 0 Å². The Hall–Kier alpha value is -0.800. The SMILES string of the molecule is CCC1CCCN1CCNCc1ccoc1. The van der Waals surface area contributed by atoms with Crippen LogP contribution in [0.4, 0.5) is 0 Å². The van der Waals surface area contributed by atoms with Crippen molar-refractivity contribution in [3.63, 3.8) is 0 Å². The molecule has 0 spiro atoms. The van der Waals surface area contributed by atoms with Crippen LogP contribution in [0.3, 0.4) is 0 Å². The first-order chi connectivity index (χ1) is 7.90. The average molecular weight is 222 g/mol. The number of furan rings is 1. The van der Waals surface area contributed by atoms with Crippen LogP contribution in [-0.2, 0) is 6.54 Å². The number of hydrogen-bond donors (Lipinski definition) is 1. The summed E-state index contributed by atoms with van der Waals surface area (Å²) in [5.41, 5.74) is 1.23. The van der Waals surface area contributed by atoms with Gasteiger partial charge in [0.05, 0.1) is 12.5 Å². The highest BCUT2D eigenvalue weighted by Gasteiger charge is 2.21. The largest absolute Gasteiger partial charge is 0.472 e. The third kappa shape index (κ3) is 3.09. The maximum atomic E-state index is 5.03. The number of rotatable bonds is 6. The highest BCUT2D eigenvalue weighted by Crippen LogP contribution is 2.18.